The second-order valence-electron chi connectivity index (χ2n) is 6.73. The molecule has 0 aliphatic rings. The number of likely N-dealkylation sites (N-methyl/N-ethyl adjacent to an activating group) is 1. The van der Waals surface area contributed by atoms with Crippen molar-refractivity contribution in [2.75, 3.05) is 18.9 Å². The van der Waals surface area contributed by atoms with Crippen LogP contribution in [0.1, 0.15) is 21.6 Å². The Morgan fingerprint density at radius 2 is 1.77 bits per heavy atom. The third kappa shape index (κ3) is 5.14. The molecule has 0 aliphatic carbocycles. The normalized spacial score (nSPS) is 10.7. The zero-order valence-electron chi connectivity index (χ0n) is 16.3. The van der Waals surface area contributed by atoms with E-state index in [4.69, 9.17) is 34.8 Å². The van der Waals surface area contributed by atoms with Crippen molar-refractivity contribution in [1.29, 1.82) is 0 Å². The maximum Gasteiger partial charge on any atom is 0.259 e. The summed E-state index contributed by atoms with van der Waals surface area (Å²) >= 11 is 18.3. The van der Waals surface area contributed by atoms with Crippen molar-refractivity contribution in [1.82, 2.24) is 14.7 Å². The SMILES string of the molecule is Cc1nn(Cc2ccccc2)c(Cl)c1C(=O)N(C)CC(=O)Nc1ccc(Cl)c(Cl)c1. The highest BCUT2D eigenvalue weighted by Gasteiger charge is 2.24. The fourth-order valence-electron chi connectivity index (χ4n) is 2.91. The van der Waals surface area contributed by atoms with E-state index in [1.165, 1.54) is 18.0 Å². The number of nitrogens with zero attached hydrogens (tertiary/aromatic N) is 3. The van der Waals surface area contributed by atoms with Crippen LogP contribution in [-0.4, -0.2) is 40.1 Å². The number of anilines is 1. The van der Waals surface area contributed by atoms with Crippen LogP contribution in [0.5, 0.6) is 0 Å². The number of nitrogens with one attached hydrogen (secondary N) is 1. The summed E-state index contributed by atoms with van der Waals surface area (Å²) in [5.41, 5.74) is 2.27. The summed E-state index contributed by atoms with van der Waals surface area (Å²) in [6.45, 7) is 1.98. The summed E-state index contributed by atoms with van der Waals surface area (Å²) in [5.74, 6) is -0.768. The second-order valence-corrected chi connectivity index (χ2v) is 7.91. The van der Waals surface area contributed by atoms with Gasteiger partial charge in [0.25, 0.3) is 5.91 Å². The largest absolute Gasteiger partial charge is 0.332 e. The van der Waals surface area contributed by atoms with Gasteiger partial charge in [0.05, 0.1) is 34.4 Å². The summed E-state index contributed by atoms with van der Waals surface area (Å²) in [5, 5.41) is 8.02. The fraction of sp³-hybridized carbons (Fsp3) is 0.190. The van der Waals surface area contributed by atoms with Crippen LogP contribution >= 0.6 is 34.8 Å². The van der Waals surface area contributed by atoms with Gasteiger partial charge in [0.1, 0.15) is 5.15 Å². The Hall–Kier alpha value is -2.54. The zero-order valence-corrected chi connectivity index (χ0v) is 18.6. The molecule has 0 radical (unpaired) electrons. The Morgan fingerprint density at radius 3 is 2.43 bits per heavy atom. The van der Waals surface area contributed by atoms with Gasteiger partial charge >= 0.3 is 0 Å². The lowest BCUT2D eigenvalue weighted by Gasteiger charge is -2.17. The van der Waals surface area contributed by atoms with Gasteiger partial charge in [0.15, 0.2) is 0 Å². The second kappa shape index (κ2) is 9.51. The molecule has 3 rings (SSSR count). The number of amides is 2. The van der Waals surface area contributed by atoms with E-state index in [2.05, 4.69) is 10.4 Å². The highest BCUT2D eigenvalue weighted by Crippen LogP contribution is 2.25. The van der Waals surface area contributed by atoms with Gasteiger partial charge < -0.3 is 10.2 Å². The molecule has 0 atom stereocenters. The lowest BCUT2D eigenvalue weighted by Crippen LogP contribution is -2.35. The Balaban J connectivity index is 1.69. The molecule has 0 fully saturated rings. The van der Waals surface area contributed by atoms with Crippen LogP contribution in [0.3, 0.4) is 0 Å². The van der Waals surface area contributed by atoms with E-state index in [9.17, 15) is 9.59 Å². The van der Waals surface area contributed by atoms with Crippen molar-refractivity contribution in [3.63, 3.8) is 0 Å². The van der Waals surface area contributed by atoms with E-state index in [1.54, 1.807) is 23.7 Å². The fourth-order valence-corrected chi connectivity index (χ4v) is 3.52. The van der Waals surface area contributed by atoms with Gasteiger partial charge in [-0.2, -0.15) is 5.10 Å². The van der Waals surface area contributed by atoms with Crippen molar-refractivity contribution in [3.8, 4) is 0 Å². The number of carbonyl (C=O) groups is 2. The van der Waals surface area contributed by atoms with Crippen LogP contribution in [0.25, 0.3) is 0 Å². The lowest BCUT2D eigenvalue weighted by atomic mass is 10.2. The molecule has 0 spiro atoms. The van der Waals surface area contributed by atoms with Crippen molar-refractivity contribution in [2.45, 2.75) is 13.5 Å². The van der Waals surface area contributed by atoms with Gasteiger partial charge in [-0.25, -0.2) is 4.68 Å². The van der Waals surface area contributed by atoms with Crippen molar-refractivity contribution in [2.24, 2.45) is 0 Å². The number of halogens is 3. The summed E-state index contributed by atoms with van der Waals surface area (Å²) < 4.78 is 1.57. The summed E-state index contributed by atoms with van der Waals surface area (Å²) in [6.07, 6.45) is 0. The van der Waals surface area contributed by atoms with Crippen molar-refractivity contribution >= 4 is 52.3 Å². The number of rotatable bonds is 6. The summed E-state index contributed by atoms with van der Waals surface area (Å²) in [6, 6.07) is 14.4. The first-order chi connectivity index (χ1) is 14.3. The number of benzene rings is 2. The lowest BCUT2D eigenvalue weighted by molar-refractivity contribution is -0.116. The molecule has 30 heavy (non-hydrogen) atoms. The molecule has 0 aliphatic heterocycles. The average molecular weight is 466 g/mol. The van der Waals surface area contributed by atoms with Crippen molar-refractivity contribution in [3.05, 3.63) is 80.6 Å². The third-order valence-corrected chi connectivity index (χ3v) is 5.51. The molecule has 2 amide bonds. The molecule has 0 saturated carbocycles. The number of carbonyl (C=O) groups excluding carboxylic acids is 2. The van der Waals surface area contributed by atoms with Gasteiger partial charge in [-0.15, -0.1) is 0 Å². The number of hydrogen-bond donors (Lipinski definition) is 1. The Bertz CT molecular complexity index is 1080. The van der Waals surface area contributed by atoms with Crippen LogP contribution in [0, 0.1) is 6.92 Å². The van der Waals surface area contributed by atoms with E-state index in [0.29, 0.717) is 28.0 Å². The zero-order chi connectivity index (χ0) is 21.8. The predicted molar refractivity (Wildman–Crippen MR) is 120 cm³/mol. The quantitative estimate of drug-likeness (QED) is 0.562. The van der Waals surface area contributed by atoms with E-state index < -0.39 is 0 Å². The monoisotopic (exact) mass is 464 g/mol. The average Bonchev–Trinajstić information content (AvgIpc) is 2.98. The smallest absolute Gasteiger partial charge is 0.259 e. The van der Waals surface area contributed by atoms with Crippen LogP contribution in [0.15, 0.2) is 48.5 Å². The van der Waals surface area contributed by atoms with Crippen molar-refractivity contribution < 1.29 is 9.59 Å². The Morgan fingerprint density at radius 1 is 1.07 bits per heavy atom. The predicted octanol–water partition coefficient (Wildman–Crippen LogP) is 4.91. The highest BCUT2D eigenvalue weighted by molar-refractivity contribution is 6.42. The molecule has 2 aromatic carbocycles. The van der Waals surface area contributed by atoms with Gasteiger partial charge in [0.2, 0.25) is 5.91 Å². The highest BCUT2D eigenvalue weighted by atomic mass is 35.5. The molecule has 9 heteroatoms. The minimum Gasteiger partial charge on any atom is -0.332 e. The first-order valence-electron chi connectivity index (χ1n) is 9.03. The molecule has 0 unspecified atom stereocenters. The molecule has 1 aromatic heterocycles. The minimum absolute atomic E-state index is 0.168. The van der Waals surface area contributed by atoms with Crippen LogP contribution < -0.4 is 5.32 Å². The van der Waals surface area contributed by atoms with Crippen LogP contribution in [-0.2, 0) is 11.3 Å². The van der Waals surface area contributed by atoms with Gasteiger partial charge in [-0.3, -0.25) is 9.59 Å². The standard InChI is InChI=1S/C21H19Cl3N4O2/c1-13-19(20(24)28(26-13)11-14-6-4-3-5-7-14)21(30)27(2)12-18(29)25-15-8-9-16(22)17(23)10-15/h3-10H,11-12H2,1-2H3,(H,25,29). The molecule has 156 valence electrons. The van der Waals surface area contributed by atoms with Crippen LogP contribution in [0.4, 0.5) is 5.69 Å². The molecule has 0 saturated heterocycles. The van der Waals surface area contributed by atoms with E-state index in [-0.39, 0.29) is 29.1 Å². The van der Waals surface area contributed by atoms with E-state index >= 15 is 0 Å². The molecule has 3 aromatic rings. The molecule has 6 nitrogen and oxygen atoms in total. The molecular weight excluding hydrogens is 447 g/mol. The van der Waals surface area contributed by atoms with E-state index in [0.717, 1.165) is 5.56 Å². The molecule has 0 bridgehead atoms. The van der Waals surface area contributed by atoms with Gasteiger partial charge in [-0.1, -0.05) is 65.1 Å². The van der Waals surface area contributed by atoms with Gasteiger partial charge in [0, 0.05) is 12.7 Å². The Labute approximate surface area is 189 Å². The summed E-state index contributed by atoms with van der Waals surface area (Å²) in [4.78, 5) is 26.5. The van der Waals surface area contributed by atoms with Gasteiger partial charge in [-0.05, 0) is 30.7 Å². The third-order valence-electron chi connectivity index (χ3n) is 4.39. The minimum atomic E-state index is -0.388. The number of hydrogen-bond acceptors (Lipinski definition) is 3. The molecule has 1 heterocycles. The number of aromatic nitrogens is 2. The molecule has 1 N–H and O–H groups in total. The number of aryl methyl sites for hydroxylation is 1. The van der Waals surface area contributed by atoms with E-state index in [1.807, 2.05) is 30.3 Å². The first-order valence-corrected chi connectivity index (χ1v) is 10.2. The maximum atomic E-state index is 12.9. The summed E-state index contributed by atoms with van der Waals surface area (Å²) in [7, 11) is 1.53. The topological polar surface area (TPSA) is 67.2 Å². The molecular formula is C21H19Cl3N4O2. The van der Waals surface area contributed by atoms with Crippen LogP contribution in [0.2, 0.25) is 15.2 Å². The Kier molecular flexibility index (Phi) is 7.02. The maximum absolute atomic E-state index is 12.9. The first kappa shape index (κ1) is 22.2.